The molecule has 0 spiro atoms. The van der Waals surface area contributed by atoms with Crippen LogP contribution in [0.5, 0.6) is 0 Å². The fourth-order valence-corrected chi connectivity index (χ4v) is 2.76. The predicted molar refractivity (Wildman–Crippen MR) is 88.8 cm³/mol. The third-order valence-electron chi connectivity index (χ3n) is 4.24. The molecule has 4 nitrogen and oxygen atoms in total. The maximum absolute atomic E-state index is 11.6. The second kappa shape index (κ2) is 6.94. The van der Waals surface area contributed by atoms with Crippen molar-refractivity contribution < 1.29 is 4.79 Å². The summed E-state index contributed by atoms with van der Waals surface area (Å²) in [5.41, 5.74) is 3.15. The molecule has 1 atom stereocenters. The van der Waals surface area contributed by atoms with Gasteiger partial charge in [0.25, 0.3) is 0 Å². The van der Waals surface area contributed by atoms with Gasteiger partial charge < -0.3 is 10.6 Å². The number of carbonyl (C=O) groups is 1. The van der Waals surface area contributed by atoms with E-state index in [1.54, 1.807) is 0 Å². The van der Waals surface area contributed by atoms with Gasteiger partial charge in [-0.3, -0.25) is 9.69 Å². The van der Waals surface area contributed by atoms with Gasteiger partial charge in [0.05, 0.1) is 0 Å². The number of rotatable bonds is 5. The molecule has 1 amide bonds. The molecule has 116 valence electrons. The van der Waals surface area contributed by atoms with Crippen molar-refractivity contribution in [2.24, 2.45) is 0 Å². The van der Waals surface area contributed by atoms with Crippen LogP contribution < -0.4 is 10.6 Å². The van der Waals surface area contributed by atoms with Crippen LogP contribution >= 0.6 is 0 Å². The van der Waals surface area contributed by atoms with E-state index in [0.29, 0.717) is 18.5 Å². The summed E-state index contributed by atoms with van der Waals surface area (Å²) in [6, 6.07) is 7.14. The van der Waals surface area contributed by atoms with Gasteiger partial charge in [0, 0.05) is 43.0 Å². The first-order valence-electron chi connectivity index (χ1n) is 7.91. The molecule has 2 rings (SSSR count). The number of benzene rings is 1. The molecule has 1 fully saturated rings. The molecule has 0 saturated carbocycles. The van der Waals surface area contributed by atoms with Crippen LogP contribution in [0.25, 0.3) is 0 Å². The molecule has 0 aliphatic carbocycles. The van der Waals surface area contributed by atoms with Crippen LogP contribution in [-0.2, 0) is 4.79 Å². The zero-order valence-electron chi connectivity index (χ0n) is 13.6. The van der Waals surface area contributed by atoms with E-state index in [1.807, 2.05) is 19.1 Å². The second-order valence-electron chi connectivity index (χ2n) is 6.10. The van der Waals surface area contributed by atoms with Gasteiger partial charge >= 0.3 is 0 Å². The van der Waals surface area contributed by atoms with Crippen molar-refractivity contribution >= 4 is 17.3 Å². The first-order chi connectivity index (χ1) is 10.0. The molecule has 1 aromatic rings. The maximum Gasteiger partial charge on any atom is 0.224 e. The molecule has 0 aromatic heterocycles. The average molecular weight is 289 g/mol. The van der Waals surface area contributed by atoms with Gasteiger partial charge in [-0.15, -0.1) is 0 Å². The number of carbonyl (C=O) groups excluding carboxylic acids is 1. The minimum atomic E-state index is 0.0575. The average Bonchev–Trinajstić information content (AvgIpc) is 2.92. The van der Waals surface area contributed by atoms with Crippen LogP contribution in [-0.4, -0.2) is 36.0 Å². The lowest BCUT2D eigenvalue weighted by atomic mass is 10.1. The van der Waals surface area contributed by atoms with E-state index in [9.17, 15) is 4.79 Å². The minimum Gasteiger partial charge on any atom is -0.381 e. The van der Waals surface area contributed by atoms with Crippen LogP contribution in [0.3, 0.4) is 0 Å². The third kappa shape index (κ3) is 3.97. The first kappa shape index (κ1) is 15.8. The van der Waals surface area contributed by atoms with Crippen molar-refractivity contribution in [2.45, 2.75) is 52.6 Å². The summed E-state index contributed by atoms with van der Waals surface area (Å²) in [4.78, 5) is 14.1. The van der Waals surface area contributed by atoms with Gasteiger partial charge in [-0.05, 0) is 44.9 Å². The third-order valence-corrected chi connectivity index (χ3v) is 4.24. The fourth-order valence-electron chi connectivity index (χ4n) is 2.76. The molecule has 1 heterocycles. The monoisotopic (exact) mass is 289 g/mol. The van der Waals surface area contributed by atoms with E-state index in [1.165, 1.54) is 6.42 Å². The predicted octanol–water partition coefficient (Wildman–Crippen LogP) is 3.24. The zero-order valence-corrected chi connectivity index (χ0v) is 13.6. The van der Waals surface area contributed by atoms with Crippen LogP contribution in [0.4, 0.5) is 11.4 Å². The summed E-state index contributed by atoms with van der Waals surface area (Å²) >= 11 is 0. The van der Waals surface area contributed by atoms with Gasteiger partial charge in [0.1, 0.15) is 0 Å². The standard InChI is InChI=1S/C17H27N3O/c1-5-17(21)19-16-8-6-7-15(13(16)4)18-14-9-10-20(11-14)12(2)3/h6-8,12,14,18H,5,9-11H2,1-4H3,(H,19,21). The number of amides is 1. The fraction of sp³-hybridized carbons (Fsp3) is 0.588. The molecule has 1 aliphatic rings. The lowest BCUT2D eigenvalue weighted by Crippen LogP contribution is -2.31. The molecule has 1 aliphatic heterocycles. The van der Waals surface area contributed by atoms with Crippen molar-refractivity contribution in [1.82, 2.24) is 4.90 Å². The van der Waals surface area contributed by atoms with Crippen molar-refractivity contribution in [1.29, 1.82) is 0 Å². The SMILES string of the molecule is CCC(=O)Nc1cccc(NC2CCN(C(C)C)C2)c1C. The topological polar surface area (TPSA) is 44.4 Å². The Morgan fingerprint density at radius 2 is 2.10 bits per heavy atom. The van der Waals surface area contributed by atoms with Crippen LogP contribution in [0.1, 0.15) is 39.2 Å². The van der Waals surface area contributed by atoms with Crippen LogP contribution in [0, 0.1) is 6.92 Å². The number of hydrogen-bond donors (Lipinski definition) is 2. The van der Waals surface area contributed by atoms with E-state index in [0.717, 1.165) is 30.0 Å². The summed E-state index contributed by atoms with van der Waals surface area (Å²) in [6.45, 7) is 10.7. The first-order valence-corrected chi connectivity index (χ1v) is 7.91. The van der Waals surface area contributed by atoms with Crippen molar-refractivity contribution in [3.05, 3.63) is 23.8 Å². The Labute approximate surface area is 127 Å². The highest BCUT2D eigenvalue weighted by molar-refractivity contribution is 5.92. The van der Waals surface area contributed by atoms with Crippen molar-refractivity contribution in [2.75, 3.05) is 23.7 Å². The summed E-state index contributed by atoms with van der Waals surface area (Å²) < 4.78 is 0. The number of nitrogens with zero attached hydrogens (tertiary/aromatic N) is 1. The van der Waals surface area contributed by atoms with E-state index in [4.69, 9.17) is 0 Å². The quantitative estimate of drug-likeness (QED) is 0.874. The molecule has 1 saturated heterocycles. The Morgan fingerprint density at radius 3 is 2.71 bits per heavy atom. The molecule has 21 heavy (non-hydrogen) atoms. The minimum absolute atomic E-state index is 0.0575. The summed E-state index contributed by atoms with van der Waals surface area (Å²) in [7, 11) is 0. The number of likely N-dealkylation sites (tertiary alicyclic amines) is 1. The molecular weight excluding hydrogens is 262 g/mol. The van der Waals surface area contributed by atoms with Gasteiger partial charge in [0.2, 0.25) is 5.91 Å². The van der Waals surface area contributed by atoms with E-state index in [-0.39, 0.29) is 5.91 Å². The highest BCUT2D eigenvalue weighted by Crippen LogP contribution is 2.26. The van der Waals surface area contributed by atoms with E-state index in [2.05, 4.69) is 42.4 Å². The van der Waals surface area contributed by atoms with Gasteiger partial charge in [-0.2, -0.15) is 0 Å². The van der Waals surface area contributed by atoms with Gasteiger partial charge in [0.15, 0.2) is 0 Å². The smallest absolute Gasteiger partial charge is 0.224 e. The Bertz CT molecular complexity index is 499. The lowest BCUT2D eigenvalue weighted by Gasteiger charge is -2.22. The molecule has 2 N–H and O–H groups in total. The Morgan fingerprint density at radius 1 is 1.38 bits per heavy atom. The molecule has 1 aromatic carbocycles. The summed E-state index contributed by atoms with van der Waals surface area (Å²) in [5.74, 6) is 0.0575. The number of hydrogen-bond acceptors (Lipinski definition) is 3. The second-order valence-corrected chi connectivity index (χ2v) is 6.10. The normalized spacial score (nSPS) is 19.0. The van der Waals surface area contributed by atoms with Gasteiger partial charge in [-0.1, -0.05) is 13.0 Å². The van der Waals surface area contributed by atoms with Crippen LogP contribution in [0.2, 0.25) is 0 Å². The van der Waals surface area contributed by atoms with E-state index < -0.39 is 0 Å². The molecule has 0 bridgehead atoms. The Balaban J connectivity index is 2.04. The summed E-state index contributed by atoms with van der Waals surface area (Å²) in [5, 5.41) is 6.60. The largest absolute Gasteiger partial charge is 0.381 e. The van der Waals surface area contributed by atoms with Gasteiger partial charge in [-0.25, -0.2) is 0 Å². The molecular formula is C17H27N3O. The van der Waals surface area contributed by atoms with Crippen LogP contribution in [0.15, 0.2) is 18.2 Å². The molecule has 0 radical (unpaired) electrons. The Hall–Kier alpha value is -1.55. The number of nitrogens with one attached hydrogen (secondary N) is 2. The lowest BCUT2D eigenvalue weighted by molar-refractivity contribution is -0.115. The zero-order chi connectivity index (χ0) is 15.4. The number of anilines is 2. The maximum atomic E-state index is 11.6. The highest BCUT2D eigenvalue weighted by Gasteiger charge is 2.24. The van der Waals surface area contributed by atoms with E-state index >= 15 is 0 Å². The van der Waals surface area contributed by atoms with Crippen molar-refractivity contribution in [3.8, 4) is 0 Å². The van der Waals surface area contributed by atoms with Crippen molar-refractivity contribution in [3.63, 3.8) is 0 Å². The molecule has 4 heteroatoms. The highest BCUT2D eigenvalue weighted by atomic mass is 16.1. The Kier molecular flexibility index (Phi) is 5.23. The summed E-state index contributed by atoms with van der Waals surface area (Å²) in [6.07, 6.45) is 1.67. The molecule has 1 unspecified atom stereocenters.